The van der Waals surface area contributed by atoms with Crippen LogP contribution in [-0.2, 0) is 9.84 Å². The zero-order valence-electron chi connectivity index (χ0n) is 6.94. The second kappa shape index (κ2) is 3.69. The minimum Gasteiger partial charge on any atom is -0.386 e. The van der Waals surface area contributed by atoms with Crippen LogP contribution >= 0.6 is 0 Å². The fraction of sp³-hybridized carbons (Fsp3) is 1.00. The van der Waals surface area contributed by atoms with Gasteiger partial charge in [-0.3, -0.25) is 0 Å². The SMILES string of the molecule is [NH3+]CC[NH2+][C@H]1CS(=O)(=O)C[C@@H]1O. The van der Waals surface area contributed by atoms with Gasteiger partial charge in [0.05, 0.1) is 5.75 Å². The van der Waals surface area contributed by atoms with Gasteiger partial charge in [-0.2, -0.15) is 0 Å². The normalized spacial score (nSPS) is 33.8. The molecule has 0 aliphatic carbocycles. The van der Waals surface area contributed by atoms with E-state index in [4.69, 9.17) is 0 Å². The van der Waals surface area contributed by atoms with Crippen molar-refractivity contribution >= 4 is 9.84 Å². The highest BCUT2D eigenvalue weighted by molar-refractivity contribution is 7.91. The average Bonchev–Trinajstić information content (AvgIpc) is 2.20. The molecule has 0 aromatic rings. The Morgan fingerprint density at radius 2 is 2.17 bits per heavy atom. The summed E-state index contributed by atoms with van der Waals surface area (Å²) in [5.74, 6) is 0.0273. The van der Waals surface area contributed by atoms with Gasteiger partial charge >= 0.3 is 0 Å². The molecule has 0 amide bonds. The maximum Gasteiger partial charge on any atom is 0.159 e. The molecule has 0 aromatic carbocycles. The molecule has 1 rings (SSSR count). The van der Waals surface area contributed by atoms with Crippen molar-refractivity contribution in [2.24, 2.45) is 0 Å². The first-order valence-corrected chi connectivity index (χ1v) is 5.88. The highest BCUT2D eigenvalue weighted by Gasteiger charge is 2.38. The van der Waals surface area contributed by atoms with Gasteiger partial charge in [0.1, 0.15) is 31.0 Å². The van der Waals surface area contributed by atoms with E-state index in [1.807, 2.05) is 5.32 Å². The molecule has 0 unspecified atom stereocenters. The lowest BCUT2D eigenvalue weighted by atomic mass is 10.2. The van der Waals surface area contributed by atoms with Crippen LogP contribution in [0.3, 0.4) is 0 Å². The lowest BCUT2D eigenvalue weighted by Crippen LogP contribution is -2.95. The molecule has 12 heavy (non-hydrogen) atoms. The molecule has 1 aliphatic rings. The predicted molar refractivity (Wildman–Crippen MR) is 43.0 cm³/mol. The summed E-state index contributed by atoms with van der Waals surface area (Å²) in [6.45, 7) is 1.53. The molecule has 1 heterocycles. The second-order valence-electron chi connectivity index (χ2n) is 3.19. The number of quaternary nitrogens is 2. The summed E-state index contributed by atoms with van der Waals surface area (Å²) >= 11 is 0. The zero-order chi connectivity index (χ0) is 9.19. The van der Waals surface area contributed by atoms with Crippen LogP contribution in [0.4, 0.5) is 0 Å². The fourth-order valence-corrected chi connectivity index (χ4v) is 3.26. The van der Waals surface area contributed by atoms with Crippen LogP contribution in [0.2, 0.25) is 0 Å². The van der Waals surface area contributed by atoms with Gasteiger partial charge < -0.3 is 16.2 Å². The molecule has 2 atom stereocenters. The molecular formula is C6H16N2O3S+2. The van der Waals surface area contributed by atoms with E-state index in [1.54, 1.807) is 0 Å². The summed E-state index contributed by atoms with van der Waals surface area (Å²) in [6, 6.07) is -0.170. The van der Waals surface area contributed by atoms with E-state index in [1.165, 1.54) is 0 Å². The van der Waals surface area contributed by atoms with Gasteiger partial charge in [-0.05, 0) is 0 Å². The molecular weight excluding hydrogens is 180 g/mol. The molecule has 1 aliphatic heterocycles. The molecule has 1 fully saturated rings. The summed E-state index contributed by atoms with van der Waals surface area (Å²) in [6.07, 6.45) is -0.693. The lowest BCUT2D eigenvalue weighted by Gasteiger charge is -2.09. The Labute approximate surface area is 71.9 Å². The second-order valence-corrected chi connectivity index (χ2v) is 5.34. The Morgan fingerprint density at radius 3 is 2.58 bits per heavy atom. The Hall–Kier alpha value is -0.170. The average molecular weight is 196 g/mol. The van der Waals surface area contributed by atoms with Crippen LogP contribution in [0, 0.1) is 0 Å². The number of sulfone groups is 1. The predicted octanol–water partition coefficient (Wildman–Crippen LogP) is -4.05. The number of hydrogen-bond donors (Lipinski definition) is 3. The summed E-state index contributed by atoms with van der Waals surface area (Å²) in [5.41, 5.74) is 3.65. The third-order valence-corrected chi connectivity index (χ3v) is 3.78. The number of rotatable bonds is 3. The van der Waals surface area contributed by atoms with E-state index in [9.17, 15) is 13.5 Å². The fourth-order valence-electron chi connectivity index (χ4n) is 1.41. The van der Waals surface area contributed by atoms with E-state index in [0.717, 1.165) is 13.1 Å². The third kappa shape index (κ3) is 2.41. The zero-order valence-corrected chi connectivity index (χ0v) is 7.76. The molecule has 0 bridgehead atoms. The van der Waals surface area contributed by atoms with Crippen molar-refractivity contribution < 1.29 is 24.6 Å². The summed E-state index contributed by atoms with van der Waals surface area (Å²) in [4.78, 5) is 0. The Morgan fingerprint density at radius 1 is 1.50 bits per heavy atom. The van der Waals surface area contributed by atoms with E-state index in [2.05, 4.69) is 5.73 Å². The quantitative estimate of drug-likeness (QED) is 0.428. The molecule has 1 saturated heterocycles. The minimum absolute atomic E-state index is 0.0781. The van der Waals surface area contributed by atoms with E-state index < -0.39 is 15.9 Å². The molecule has 0 spiro atoms. The third-order valence-electron chi connectivity index (χ3n) is 2.04. The molecule has 6 N–H and O–H groups in total. The van der Waals surface area contributed by atoms with Crippen molar-refractivity contribution in [3.05, 3.63) is 0 Å². The Kier molecular flexibility index (Phi) is 3.05. The van der Waals surface area contributed by atoms with Gasteiger partial charge in [-0.25, -0.2) is 8.42 Å². The molecule has 0 saturated carbocycles. The van der Waals surface area contributed by atoms with Crippen molar-refractivity contribution in [3.63, 3.8) is 0 Å². The van der Waals surface area contributed by atoms with E-state index >= 15 is 0 Å². The number of aliphatic hydroxyl groups excluding tert-OH is 1. The maximum absolute atomic E-state index is 11.0. The topological polar surface area (TPSA) is 98.6 Å². The first kappa shape index (κ1) is 9.91. The van der Waals surface area contributed by atoms with Crippen LogP contribution in [0.15, 0.2) is 0 Å². The van der Waals surface area contributed by atoms with Gasteiger partial charge in [0.15, 0.2) is 9.84 Å². The summed E-state index contributed by atoms with van der Waals surface area (Å²) in [5, 5.41) is 11.2. The molecule has 0 radical (unpaired) electrons. The summed E-state index contributed by atoms with van der Waals surface area (Å²) in [7, 11) is -2.98. The van der Waals surface area contributed by atoms with Crippen LogP contribution in [-0.4, -0.2) is 50.3 Å². The molecule has 5 nitrogen and oxygen atoms in total. The lowest BCUT2D eigenvalue weighted by molar-refractivity contribution is -0.702. The van der Waals surface area contributed by atoms with Gasteiger partial charge in [0, 0.05) is 0 Å². The molecule has 72 valence electrons. The van der Waals surface area contributed by atoms with Gasteiger partial charge in [-0.15, -0.1) is 0 Å². The van der Waals surface area contributed by atoms with Gasteiger partial charge in [0.2, 0.25) is 0 Å². The first-order valence-electron chi connectivity index (χ1n) is 4.06. The van der Waals surface area contributed by atoms with Crippen molar-refractivity contribution in [1.82, 2.24) is 0 Å². The van der Waals surface area contributed by atoms with Crippen LogP contribution in [0.1, 0.15) is 0 Å². The van der Waals surface area contributed by atoms with Gasteiger partial charge in [0.25, 0.3) is 0 Å². The number of nitrogens with two attached hydrogens (primary N) is 1. The monoisotopic (exact) mass is 196 g/mol. The highest BCUT2D eigenvalue weighted by Crippen LogP contribution is 2.08. The van der Waals surface area contributed by atoms with Crippen molar-refractivity contribution in [2.75, 3.05) is 24.6 Å². The van der Waals surface area contributed by atoms with Crippen molar-refractivity contribution in [3.8, 4) is 0 Å². The first-order chi connectivity index (χ1) is 5.55. The Bertz CT molecular complexity index is 239. The van der Waals surface area contributed by atoms with Crippen LogP contribution < -0.4 is 11.1 Å². The summed E-state index contributed by atoms with van der Waals surface area (Å²) < 4.78 is 22.0. The van der Waals surface area contributed by atoms with Crippen LogP contribution in [0.25, 0.3) is 0 Å². The van der Waals surface area contributed by atoms with Crippen molar-refractivity contribution in [2.45, 2.75) is 12.1 Å². The highest BCUT2D eigenvalue weighted by atomic mass is 32.2. The van der Waals surface area contributed by atoms with E-state index in [0.29, 0.717) is 0 Å². The minimum atomic E-state index is -2.98. The largest absolute Gasteiger partial charge is 0.386 e. The van der Waals surface area contributed by atoms with E-state index in [-0.39, 0.29) is 17.5 Å². The number of hydrogen-bond acceptors (Lipinski definition) is 3. The van der Waals surface area contributed by atoms with Crippen molar-refractivity contribution in [1.29, 1.82) is 0 Å². The van der Waals surface area contributed by atoms with Gasteiger partial charge in [-0.1, -0.05) is 0 Å². The maximum atomic E-state index is 11.0. The van der Waals surface area contributed by atoms with Crippen LogP contribution in [0.5, 0.6) is 0 Å². The smallest absolute Gasteiger partial charge is 0.159 e. The molecule has 6 heteroatoms. The Balaban J connectivity index is 2.47. The number of aliphatic hydroxyl groups is 1. The standard InChI is InChI=1S/C6H14N2O3S/c7-1-2-8-5-3-12(10,11)4-6(5)9/h5-6,8-9H,1-4,7H2/p+2/t5-,6-/m0/s1. The molecule has 0 aromatic heterocycles.